The number of hydrogen-bond donors (Lipinski definition) is 1. The zero-order chi connectivity index (χ0) is 20.8. The SMILES string of the molecule is CC[C@H](C)[C@@H](NC(=O)COC(=O)Cc1coc2cc(C)c(C)cc12)C(=O)OC. The summed E-state index contributed by atoms with van der Waals surface area (Å²) >= 11 is 0. The van der Waals surface area contributed by atoms with Gasteiger partial charge >= 0.3 is 11.9 Å². The van der Waals surface area contributed by atoms with Crippen molar-refractivity contribution in [2.45, 2.75) is 46.6 Å². The Balaban J connectivity index is 1.94. The van der Waals surface area contributed by atoms with Crippen molar-refractivity contribution in [3.8, 4) is 0 Å². The number of nitrogens with one attached hydrogen (secondary N) is 1. The number of carbonyl (C=O) groups excluding carboxylic acids is 3. The summed E-state index contributed by atoms with van der Waals surface area (Å²) in [6.07, 6.45) is 2.21. The molecule has 0 saturated carbocycles. The van der Waals surface area contributed by atoms with Crippen LogP contribution in [0.25, 0.3) is 11.0 Å². The minimum absolute atomic E-state index is 0.00538. The van der Waals surface area contributed by atoms with Gasteiger partial charge in [-0.3, -0.25) is 9.59 Å². The number of rotatable bonds is 8. The highest BCUT2D eigenvalue weighted by Crippen LogP contribution is 2.25. The Morgan fingerprint density at radius 2 is 1.86 bits per heavy atom. The van der Waals surface area contributed by atoms with Crippen LogP contribution in [0.1, 0.15) is 37.0 Å². The lowest BCUT2D eigenvalue weighted by atomic mass is 9.99. The van der Waals surface area contributed by atoms with E-state index in [0.717, 1.165) is 16.5 Å². The molecule has 0 aliphatic carbocycles. The summed E-state index contributed by atoms with van der Waals surface area (Å²) in [6, 6.07) is 3.12. The fourth-order valence-electron chi connectivity index (χ4n) is 2.84. The Labute approximate surface area is 164 Å². The third kappa shape index (κ3) is 5.12. The summed E-state index contributed by atoms with van der Waals surface area (Å²) in [4.78, 5) is 36.0. The van der Waals surface area contributed by atoms with Crippen LogP contribution in [0.4, 0.5) is 0 Å². The van der Waals surface area contributed by atoms with E-state index in [1.165, 1.54) is 13.4 Å². The normalized spacial score (nSPS) is 13.0. The summed E-state index contributed by atoms with van der Waals surface area (Å²) < 4.78 is 15.3. The van der Waals surface area contributed by atoms with Crippen molar-refractivity contribution >= 4 is 28.8 Å². The maximum Gasteiger partial charge on any atom is 0.328 e. The number of aryl methyl sites for hydroxylation is 2. The highest BCUT2D eigenvalue weighted by atomic mass is 16.5. The van der Waals surface area contributed by atoms with E-state index in [0.29, 0.717) is 17.6 Å². The lowest BCUT2D eigenvalue weighted by Gasteiger charge is -2.21. The van der Waals surface area contributed by atoms with Crippen LogP contribution >= 0.6 is 0 Å². The minimum atomic E-state index is -0.773. The van der Waals surface area contributed by atoms with Crippen molar-refractivity contribution in [2.24, 2.45) is 5.92 Å². The molecule has 1 N–H and O–H groups in total. The molecule has 1 amide bonds. The Morgan fingerprint density at radius 3 is 2.50 bits per heavy atom. The molecule has 1 aromatic heterocycles. The first-order valence-electron chi connectivity index (χ1n) is 9.26. The Bertz CT molecular complexity index is 869. The van der Waals surface area contributed by atoms with Gasteiger partial charge in [0.1, 0.15) is 11.6 Å². The number of carbonyl (C=O) groups is 3. The van der Waals surface area contributed by atoms with Crippen molar-refractivity contribution < 1.29 is 28.3 Å². The lowest BCUT2D eigenvalue weighted by Crippen LogP contribution is -2.47. The average Bonchev–Trinajstić information content (AvgIpc) is 3.05. The van der Waals surface area contributed by atoms with Gasteiger partial charge in [-0.05, 0) is 43.0 Å². The van der Waals surface area contributed by atoms with Gasteiger partial charge in [-0.25, -0.2) is 4.79 Å². The molecule has 0 aliphatic heterocycles. The molecular formula is C21H27NO6. The van der Waals surface area contributed by atoms with Crippen molar-refractivity contribution in [3.05, 3.63) is 35.1 Å². The minimum Gasteiger partial charge on any atom is -0.467 e. The molecule has 0 saturated heterocycles. The predicted octanol–water partition coefficient (Wildman–Crippen LogP) is 2.84. The van der Waals surface area contributed by atoms with Gasteiger partial charge in [0, 0.05) is 10.9 Å². The van der Waals surface area contributed by atoms with Crippen LogP contribution in [0.2, 0.25) is 0 Å². The molecule has 0 radical (unpaired) electrons. The number of hydrogen-bond acceptors (Lipinski definition) is 6. The van der Waals surface area contributed by atoms with Crippen molar-refractivity contribution in [1.82, 2.24) is 5.32 Å². The van der Waals surface area contributed by atoms with Gasteiger partial charge in [-0.2, -0.15) is 0 Å². The van der Waals surface area contributed by atoms with Crippen molar-refractivity contribution in [1.29, 1.82) is 0 Å². The number of ether oxygens (including phenoxy) is 2. The quantitative estimate of drug-likeness (QED) is 0.698. The van der Waals surface area contributed by atoms with E-state index in [1.807, 2.05) is 39.8 Å². The van der Waals surface area contributed by atoms with Gasteiger partial charge in [0.2, 0.25) is 0 Å². The first-order valence-corrected chi connectivity index (χ1v) is 9.26. The summed E-state index contributed by atoms with van der Waals surface area (Å²) in [5.41, 5.74) is 3.62. The van der Waals surface area contributed by atoms with Gasteiger partial charge in [-0.15, -0.1) is 0 Å². The van der Waals surface area contributed by atoms with Gasteiger partial charge < -0.3 is 19.2 Å². The molecule has 7 heteroatoms. The molecule has 152 valence electrons. The monoisotopic (exact) mass is 389 g/mol. The molecule has 0 bridgehead atoms. The van der Waals surface area contributed by atoms with Crippen LogP contribution < -0.4 is 5.32 Å². The second kappa shape index (κ2) is 9.39. The Kier molecular flexibility index (Phi) is 7.20. The van der Waals surface area contributed by atoms with E-state index in [4.69, 9.17) is 13.9 Å². The Hall–Kier alpha value is -2.83. The first kappa shape index (κ1) is 21.5. The van der Waals surface area contributed by atoms with Crippen LogP contribution in [0.15, 0.2) is 22.8 Å². The third-order valence-corrected chi connectivity index (χ3v) is 4.95. The van der Waals surface area contributed by atoms with E-state index < -0.39 is 30.5 Å². The fourth-order valence-corrected chi connectivity index (χ4v) is 2.84. The van der Waals surface area contributed by atoms with E-state index in [2.05, 4.69) is 5.32 Å². The first-order chi connectivity index (χ1) is 13.3. The average molecular weight is 389 g/mol. The van der Waals surface area contributed by atoms with Gasteiger partial charge in [0.25, 0.3) is 5.91 Å². The van der Waals surface area contributed by atoms with Crippen molar-refractivity contribution in [3.63, 3.8) is 0 Å². The van der Waals surface area contributed by atoms with E-state index in [1.54, 1.807) is 0 Å². The van der Waals surface area contributed by atoms with E-state index >= 15 is 0 Å². The van der Waals surface area contributed by atoms with Crippen LogP contribution in [-0.4, -0.2) is 37.6 Å². The zero-order valence-electron chi connectivity index (χ0n) is 17.0. The van der Waals surface area contributed by atoms with Crippen LogP contribution in [0.3, 0.4) is 0 Å². The van der Waals surface area contributed by atoms with Gasteiger partial charge in [0.15, 0.2) is 6.61 Å². The molecule has 2 atom stereocenters. The number of methoxy groups -OCH3 is 1. The van der Waals surface area contributed by atoms with Crippen molar-refractivity contribution in [2.75, 3.05) is 13.7 Å². The highest BCUT2D eigenvalue weighted by Gasteiger charge is 2.27. The molecular weight excluding hydrogens is 362 g/mol. The number of amides is 1. The summed E-state index contributed by atoms with van der Waals surface area (Å²) in [6.45, 7) is 7.26. The fraction of sp³-hybridized carbons (Fsp3) is 0.476. The molecule has 2 rings (SSSR count). The number of fused-ring (bicyclic) bond motifs is 1. The van der Waals surface area contributed by atoms with Crippen LogP contribution in [-0.2, 0) is 30.3 Å². The van der Waals surface area contributed by atoms with Crippen LogP contribution in [0.5, 0.6) is 0 Å². The van der Waals surface area contributed by atoms with E-state index in [-0.39, 0.29) is 12.3 Å². The smallest absolute Gasteiger partial charge is 0.328 e. The molecule has 2 aromatic rings. The third-order valence-electron chi connectivity index (χ3n) is 4.95. The highest BCUT2D eigenvalue weighted by molar-refractivity contribution is 5.89. The topological polar surface area (TPSA) is 94.8 Å². The zero-order valence-corrected chi connectivity index (χ0v) is 17.0. The predicted molar refractivity (Wildman–Crippen MR) is 104 cm³/mol. The number of benzene rings is 1. The largest absolute Gasteiger partial charge is 0.467 e. The lowest BCUT2D eigenvalue weighted by molar-refractivity contribution is -0.150. The molecule has 0 unspecified atom stereocenters. The van der Waals surface area contributed by atoms with Gasteiger partial charge in [0.05, 0.1) is 19.8 Å². The standard InChI is InChI=1S/C21H27NO6/c1-6-12(2)20(21(25)26-5)22-18(23)11-28-19(24)9-15-10-27-17-8-14(4)13(3)7-16(15)17/h7-8,10,12,20H,6,9,11H2,1-5H3,(H,22,23)/t12-,20+/m0/s1. The summed E-state index contributed by atoms with van der Waals surface area (Å²) in [5.74, 6) is -1.72. The summed E-state index contributed by atoms with van der Waals surface area (Å²) in [7, 11) is 1.27. The second-order valence-electron chi connectivity index (χ2n) is 6.98. The Morgan fingerprint density at radius 1 is 1.18 bits per heavy atom. The molecule has 1 heterocycles. The maximum atomic E-state index is 12.1. The molecule has 0 aliphatic rings. The number of furan rings is 1. The molecule has 0 spiro atoms. The molecule has 1 aromatic carbocycles. The molecule has 28 heavy (non-hydrogen) atoms. The van der Waals surface area contributed by atoms with Crippen LogP contribution in [0, 0.1) is 19.8 Å². The van der Waals surface area contributed by atoms with Gasteiger partial charge in [-0.1, -0.05) is 20.3 Å². The maximum absolute atomic E-state index is 12.1. The number of esters is 2. The second-order valence-corrected chi connectivity index (χ2v) is 6.98. The molecule has 7 nitrogen and oxygen atoms in total. The summed E-state index contributed by atoms with van der Waals surface area (Å²) in [5, 5.41) is 3.42. The molecule has 0 fully saturated rings. The van der Waals surface area contributed by atoms with E-state index in [9.17, 15) is 14.4 Å².